The number of carbonyl (C=O) groups excluding carboxylic acids is 1. The molecule has 0 unspecified atom stereocenters. The summed E-state index contributed by atoms with van der Waals surface area (Å²) in [5.41, 5.74) is 1.40. The molecule has 1 amide bonds. The lowest BCUT2D eigenvalue weighted by Crippen LogP contribution is -2.26. The van der Waals surface area contributed by atoms with E-state index < -0.39 is 0 Å². The third-order valence-corrected chi connectivity index (χ3v) is 2.51. The minimum absolute atomic E-state index is 0.0894. The number of pyridine rings is 1. The third kappa shape index (κ3) is 3.63. The molecule has 1 heterocycles. The molecule has 3 nitrogen and oxygen atoms in total. The van der Waals surface area contributed by atoms with Gasteiger partial charge in [0, 0.05) is 17.2 Å². The van der Waals surface area contributed by atoms with Crippen LogP contribution in [0.2, 0.25) is 0 Å². The molecule has 0 aromatic carbocycles. The Kier molecular flexibility index (Phi) is 4.75. The van der Waals surface area contributed by atoms with Gasteiger partial charge in [-0.1, -0.05) is 13.3 Å². The SMILES string of the molecule is CCCCNC(=O)c1ncc(Br)cc1C. The fourth-order valence-electron chi connectivity index (χ4n) is 1.24. The van der Waals surface area contributed by atoms with Crippen LogP contribution in [0.25, 0.3) is 0 Å². The van der Waals surface area contributed by atoms with Crippen molar-refractivity contribution in [3.05, 3.63) is 28.0 Å². The van der Waals surface area contributed by atoms with E-state index in [4.69, 9.17) is 0 Å². The number of aryl methyl sites for hydroxylation is 1. The molecule has 0 saturated heterocycles. The normalized spacial score (nSPS) is 10.1. The second-order valence-corrected chi connectivity index (χ2v) is 4.34. The summed E-state index contributed by atoms with van der Waals surface area (Å²) in [5.74, 6) is -0.0894. The van der Waals surface area contributed by atoms with Gasteiger partial charge in [0.15, 0.2) is 0 Å². The molecule has 0 atom stereocenters. The van der Waals surface area contributed by atoms with E-state index in [0.29, 0.717) is 12.2 Å². The number of hydrogen-bond donors (Lipinski definition) is 1. The molecule has 0 spiro atoms. The zero-order valence-corrected chi connectivity index (χ0v) is 10.6. The summed E-state index contributed by atoms with van der Waals surface area (Å²) in [5, 5.41) is 2.84. The number of hydrogen-bond acceptors (Lipinski definition) is 2. The van der Waals surface area contributed by atoms with E-state index in [-0.39, 0.29) is 5.91 Å². The lowest BCUT2D eigenvalue weighted by molar-refractivity contribution is 0.0947. The van der Waals surface area contributed by atoms with E-state index in [1.54, 1.807) is 6.20 Å². The fraction of sp³-hybridized carbons (Fsp3) is 0.455. The summed E-state index contributed by atoms with van der Waals surface area (Å²) in [4.78, 5) is 15.8. The monoisotopic (exact) mass is 270 g/mol. The van der Waals surface area contributed by atoms with Crippen molar-refractivity contribution >= 4 is 21.8 Å². The molecule has 82 valence electrons. The molecule has 1 aromatic rings. The highest BCUT2D eigenvalue weighted by Gasteiger charge is 2.09. The Bertz CT molecular complexity index is 352. The molecular formula is C11H15BrN2O. The van der Waals surface area contributed by atoms with Crippen LogP contribution >= 0.6 is 15.9 Å². The smallest absolute Gasteiger partial charge is 0.270 e. The number of rotatable bonds is 4. The summed E-state index contributed by atoms with van der Waals surface area (Å²) >= 11 is 3.32. The van der Waals surface area contributed by atoms with Crippen LogP contribution in [0.5, 0.6) is 0 Å². The Labute approximate surface area is 98.4 Å². The molecular weight excluding hydrogens is 256 g/mol. The van der Waals surface area contributed by atoms with Gasteiger partial charge in [0.1, 0.15) is 5.69 Å². The molecule has 1 aromatic heterocycles. The molecule has 0 saturated carbocycles. The second-order valence-electron chi connectivity index (χ2n) is 3.43. The Morgan fingerprint density at radius 1 is 1.60 bits per heavy atom. The highest BCUT2D eigenvalue weighted by Crippen LogP contribution is 2.12. The van der Waals surface area contributed by atoms with Crippen LogP contribution < -0.4 is 5.32 Å². The van der Waals surface area contributed by atoms with Gasteiger partial charge in [-0.3, -0.25) is 4.79 Å². The largest absolute Gasteiger partial charge is 0.351 e. The van der Waals surface area contributed by atoms with Gasteiger partial charge in [-0.2, -0.15) is 0 Å². The Morgan fingerprint density at radius 3 is 2.93 bits per heavy atom. The number of halogens is 1. The van der Waals surface area contributed by atoms with Crippen LogP contribution in [0.1, 0.15) is 35.8 Å². The zero-order valence-electron chi connectivity index (χ0n) is 9.01. The quantitative estimate of drug-likeness (QED) is 0.855. The molecule has 15 heavy (non-hydrogen) atoms. The summed E-state index contributed by atoms with van der Waals surface area (Å²) < 4.78 is 0.894. The highest BCUT2D eigenvalue weighted by atomic mass is 79.9. The molecule has 1 N–H and O–H groups in total. The lowest BCUT2D eigenvalue weighted by atomic mass is 10.2. The molecule has 0 aliphatic heterocycles. The first-order chi connectivity index (χ1) is 7.15. The van der Waals surface area contributed by atoms with Gasteiger partial charge < -0.3 is 5.32 Å². The van der Waals surface area contributed by atoms with E-state index in [9.17, 15) is 4.79 Å². The number of aromatic nitrogens is 1. The number of amides is 1. The van der Waals surface area contributed by atoms with Crippen molar-refractivity contribution in [1.82, 2.24) is 10.3 Å². The van der Waals surface area contributed by atoms with Crippen LogP contribution in [-0.2, 0) is 0 Å². The van der Waals surface area contributed by atoms with Crippen molar-refractivity contribution in [2.24, 2.45) is 0 Å². The Hall–Kier alpha value is -0.900. The van der Waals surface area contributed by atoms with Gasteiger partial charge >= 0.3 is 0 Å². The van der Waals surface area contributed by atoms with E-state index in [1.807, 2.05) is 13.0 Å². The first kappa shape index (κ1) is 12.2. The second kappa shape index (κ2) is 5.85. The van der Waals surface area contributed by atoms with Gasteiger partial charge in [0.25, 0.3) is 5.91 Å². The highest BCUT2D eigenvalue weighted by molar-refractivity contribution is 9.10. The number of unbranched alkanes of at least 4 members (excludes halogenated alkanes) is 1. The molecule has 0 fully saturated rings. The molecule has 4 heteroatoms. The average Bonchev–Trinajstić information content (AvgIpc) is 2.17. The molecule has 0 aliphatic rings. The van der Waals surface area contributed by atoms with Crippen LogP contribution in [-0.4, -0.2) is 17.4 Å². The van der Waals surface area contributed by atoms with Crippen molar-refractivity contribution < 1.29 is 4.79 Å². The van der Waals surface area contributed by atoms with Crippen LogP contribution in [0, 0.1) is 6.92 Å². The van der Waals surface area contributed by atoms with E-state index in [1.165, 1.54) is 0 Å². The van der Waals surface area contributed by atoms with Gasteiger partial charge in [0.2, 0.25) is 0 Å². The van der Waals surface area contributed by atoms with Gasteiger partial charge in [-0.05, 0) is 40.9 Å². The minimum atomic E-state index is -0.0894. The van der Waals surface area contributed by atoms with Crippen LogP contribution in [0.3, 0.4) is 0 Å². The minimum Gasteiger partial charge on any atom is -0.351 e. The van der Waals surface area contributed by atoms with Gasteiger partial charge in [-0.15, -0.1) is 0 Å². The van der Waals surface area contributed by atoms with Crippen LogP contribution in [0.4, 0.5) is 0 Å². The standard InChI is InChI=1S/C11H15BrN2O/c1-3-4-5-13-11(15)10-8(2)6-9(12)7-14-10/h6-7H,3-5H2,1-2H3,(H,13,15). The lowest BCUT2D eigenvalue weighted by Gasteiger charge is -2.06. The predicted molar refractivity (Wildman–Crippen MR) is 63.9 cm³/mol. The van der Waals surface area contributed by atoms with Crippen molar-refractivity contribution in [3.63, 3.8) is 0 Å². The Morgan fingerprint density at radius 2 is 2.33 bits per heavy atom. The number of nitrogens with one attached hydrogen (secondary N) is 1. The zero-order chi connectivity index (χ0) is 11.3. The van der Waals surface area contributed by atoms with Crippen LogP contribution in [0.15, 0.2) is 16.7 Å². The number of carbonyl (C=O) groups is 1. The van der Waals surface area contributed by atoms with Crippen molar-refractivity contribution in [2.75, 3.05) is 6.54 Å². The molecule has 1 rings (SSSR count). The first-order valence-corrected chi connectivity index (χ1v) is 5.84. The summed E-state index contributed by atoms with van der Waals surface area (Å²) in [6, 6.07) is 1.89. The number of nitrogens with zero attached hydrogens (tertiary/aromatic N) is 1. The fourth-order valence-corrected chi connectivity index (χ4v) is 1.69. The van der Waals surface area contributed by atoms with Gasteiger partial charge in [0.05, 0.1) is 0 Å². The maximum Gasteiger partial charge on any atom is 0.270 e. The van der Waals surface area contributed by atoms with Crippen molar-refractivity contribution in [1.29, 1.82) is 0 Å². The summed E-state index contributed by atoms with van der Waals surface area (Å²) in [7, 11) is 0. The maximum absolute atomic E-state index is 11.7. The summed E-state index contributed by atoms with van der Waals surface area (Å²) in [6.45, 7) is 4.69. The molecule has 0 bridgehead atoms. The predicted octanol–water partition coefficient (Wildman–Crippen LogP) is 2.68. The van der Waals surface area contributed by atoms with Crippen molar-refractivity contribution in [3.8, 4) is 0 Å². The van der Waals surface area contributed by atoms with E-state index in [0.717, 1.165) is 22.9 Å². The maximum atomic E-state index is 11.7. The molecule has 0 radical (unpaired) electrons. The van der Waals surface area contributed by atoms with Crippen molar-refractivity contribution in [2.45, 2.75) is 26.7 Å². The first-order valence-electron chi connectivity index (χ1n) is 5.05. The average molecular weight is 271 g/mol. The third-order valence-electron chi connectivity index (χ3n) is 2.08. The van der Waals surface area contributed by atoms with Gasteiger partial charge in [-0.25, -0.2) is 4.98 Å². The Balaban J connectivity index is 2.65. The topological polar surface area (TPSA) is 42.0 Å². The van der Waals surface area contributed by atoms with E-state index >= 15 is 0 Å². The van der Waals surface area contributed by atoms with E-state index in [2.05, 4.69) is 33.2 Å². The summed E-state index contributed by atoms with van der Waals surface area (Å²) in [6.07, 6.45) is 3.72. The molecule has 0 aliphatic carbocycles.